The summed E-state index contributed by atoms with van der Waals surface area (Å²) in [6, 6.07) is 7.58. The van der Waals surface area contributed by atoms with Crippen molar-refractivity contribution in [2.45, 2.75) is 32.4 Å². The maximum atomic E-state index is 11.8. The molecule has 1 unspecified atom stereocenters. The Morgan fingerprint density at radius 1 is 1.23 bits per heavy atom. The molecule has 0 aliphatic carbocycles. The average Bonchev–Trinajstić information content (AvgIpc) is 2.99. The van der Waals surface area contributed by atoms with Gasteiger partial charge in [0.25, 0.3) is 0 Å². The Labute approximate surface area is 136 Å². The molecule has 0 bridgehead atoms. The number of halogens is 1. The highest BCUT2D eigenvalue weighted by atomic mass is 35.5. The van der Waals surface area contributed by atoms with E-state index >= 15 is 0 Å². The molecule has 1 aromatic carbocycles. The third-order valence-corrected chi connectivity index (χ3v) is 4.42. The van der Waals surface area contributed by atoms with Gasteiger partial charge in [-0.25, -0.2) is 0 Å². The first-order valence-electron chi connectivity index (χ1n) is 7.75. The van der Waals surface area contributed by atoms with E-state index in [0.29, 0.717) is 24.2 Å². The Hall–Kier alpha value is -1.59. The van der Waals surface area contributed by atoms with E-state index in [0.717, 1.165) is 25.1 Å². The average molecular weight is 325 g/mol. The summed E-state index contributed by atoms with van der Waals surface area (Å²) in [6.07, 6.45) is 2.29. The number of carbonyl (C=O) groups is 2. The summed E-state index contributed by atoms with van der Waals surface area (Å²) in [7, 11) is 0. The van der Waals surface area contributed by atoms with E-state index in [4.69, 9.17) is 11.6 Å². The number of hydrogen-bond donors (Lipinski definition) is 3. The van der Waals surface area contributed by atoms with Crippen LogP contribution in [0.4, 0.5) is 0 Å². The summed E-state index contributed by atoms with van der Waals surface area (Å²) >= 11 is 5.80. The molecule has 1 aliphatic rings. The Kier molecular flexibility index (Phi) is 6.21. The van der Waals surface area contributed by atoms with Crippen LogP contribution in [0, 0.1) is 0 Å². The predicted molar refractivity (Wildman–Crippen MR) is 85.7 cm³/mol. The maximum absolute atomic E-state index is 11.8. The molecule has 22 heavy (non-hydrogen) atoms. The number of nitrogens with one attached hydrogen (secondary N) is 3. The van der Waals surface area contributed by atoms with Gasteiger partial charge >= 0.3 is 11.8 Å². The van der Waals surface area contributed by atoms with Crippen LogP contribution in [0.5, 0.6) is 0 Å². The Bertz CT molecular complexity index is 519. The summed E-state index contributed by atoms with van der Waals surface area (Å²) in [5, 5.41) is 6.00. The molecule has 2 amide bonds. The second-order valence-corrected chi connectivity index (χ2v) is 6.06. The third kappa shape index (κ3) is 4.71. The van der Waals surface area contributed by atoms with Crippen LogP contribution in [0.1, 0.15) is 25.3 Å². The first-order valence-corrected chi connectivity index (χ1v) is 8.13. The molecule has 1 aliphatic heterocycles. The quantitative estimate of drug-likeness (QED) is 0.675. The number of rotatable bonds is 5. The number of likely N-dealkylation sites (tertiary alicyclic amines) is 1. The number of hydrogen-bond acceptors (Lipinski definition) is 2. The van der Waals surface area contributed by atoms with Crippen molar-refractivity contribution >= 4 is 23.4 Å². The predicted octanol–water partition coefficient (Wildman–Crippen LogP) is 0.140. The van der Waals surface area contributed by atoms with Crippen molar-refractivity contribution in [1.29, 1.82) is 0 Å². The van der Waals surface area contributed by atoms with Crippen molar-refractivity contribution in [3.8, 4) is 0 Å². The van der Waals surface area contributed by atoms with Gasteiger partial charge in [-0.05, 0) is 24.6 Å². The van der Waals surface area contributed by atoms with Gasteiger partial charge in [-0.2, -0.15) is 0 Å². The molecule has 1 fully saturated rings. The highest BCUT2D eigenvalue weighted by molar-refractivity contribution is 6.35. The fraction of sp³-hybridized carbons (Fsp3) is 0.500. The molecule has 1 saturated heterocycles. The zero-order chi connectivity index (χ0) is 15.9. The van der Waals surface area contributed by atoms with Crippen molar-refractivity contribution in [3.05, 3.63) is 34.9 Å². The van der Waals surface area contributed by atoms with Crippen LogP contribution in [0.3, 0.4) is 0 Å². The van der Waals surface area contributed by atoms with E-state index in [2.05, 4.69) is 17.6 Å². The van der Waals surface area contributed by atoms with Crippen LogP contribution in [0.2, 0.25) is 5.02 Å². The minimum atomic E-state index is -0.592. The topological polar surface area (TPSA) is 62.6 Å². The first kappa shape index (κ1) is 16.8. The van der Waals surface area contributed by atoms with Gasteiger partial charge in [-0.1, -0.05) is 23.7 Å². The molecule has 1 aromatic rings. The van der Waals surface area contributed by atoms with Crippen molar-refractivity contribution in [2.24, 2.45) is 0 Å². The van der Waals surface area contributed by atoms with Crippen LogP contribution in [0.25, 0.3) is 0 Å². The van der Waals surface area contributed by atoms with Gasteiger partial charge in [0.15, 0.2) is 0 Å². The standard InChI is InChI=1S/C16H22ClN3O2/c1-2-20-9-3-4-14(20)11-19-16(22)15(21)18-10-12-5-7-13(17)8-6-12/h5-8,14H,2-4,9-11H2,1H3,(H,18,21)(H,19,22)/p+1/t14-/m1/s1. The van der Waals surface area contributed by atoms with E-state index in [-0.39, 0.29) is 0 Å². The smallest absolute Gasteiger partial charge is 0.309 e. The van der Waals surface area contributed by atoms with Crippen LogP contribution >= 0.6 is 11.6 Å². The van der Waals surface area contributed by atoms with Gasteiger partial charge in [-0.3, -0.25) is 9.59 Å². The van der Waals surface area contributed by atoms with Crippen molar-refractivity contribution in [2.75, 3.05) is 19.6 Å². The third-order valence-electron chi connectivity index (χ3n) is 4.16. The zero-order valence-corrected chi connectivity index (χ0v) is 13.6. The van der Waals surface area contributed by atoms with Crippen LogP contribution in [-0.2, 0) is 16.1 Å². The second-order valence-electron chi connectivity index (χ2n) is 5.62. The number of benzene rings is 1. The molecular weight excluding hydrogens is 302 g/mol. The summed E-state index contributed by atoms with van der Waals surface area (Å²) in [5.74, 6) is -1.15. The lowest BCUT2D eigenvalue weighted by Gasteiger charge is -2.19. The molecule has 0 spiro atoms. The molecule has 120 valence electrons. The second kappa shape index (κ2) is 8.15. The number of likely N-dealkylation sites (N-methyl/N-ethyl adjacent to an activating group) is 1. The highest BCUT2D eigenvalue weighted by Gasteiger charge is 2.27. The first-order chi connectivity index (χ1) is 10.6. The molecule has 0 radical (unpaired) electrons. The molecule has 3 N–H and O–H groups in total. The number of quaternary nitrogens is 1. The number of carbonyl (C=O) groups excluding carboxylic acids is 2. The monoisotopic (exact) mass is 324 g/mol. The van der Waals surface area contributed by atoms with Crippen molar-refractivity contribution in [1.82, 2.24) is 10.6 Å². The molecule has 0 saturated carbocycles. The van der Waals surface area contributed by atoms with E-state index in [1.54, 1.807) is 12.1 Å². The summed E-state index contributed by atoms with van der Waals surface area (Å²) in [6.45, 7) is 5.24. The maximum Gasteiger partial charge on any atom is 0.309 e. The minimum Gasteiger partial charge on any atom is -0.344 e. The van der Waals surface area contributed by atoms with Crippen LogP contribution < -0.4 is 15.5 Å². The van der Waals surface area contributed by atoms with Gasteiger partial charge in [0.05, 0.1) is 19.6 Å². The summed E-state index contributed by atoms with van der Waals surface area (Å²) in [4.78, 5) is 25.1. The van der Waals surface area contributed by atoms with Crippen LogP contribution in [-0.4, -0.2) is 37.5 Å². The van der Waals surface area contributed by atoms with E-state index in [9.17, 15) is 9.59 Å². The fourth-order valence-electron chi connectivity index (χ4n) is 2.86. The summed E-state index contributed by atoms with van der Waals surface area (Å²) < 4.78 is 0. The van der Waals surface area contributed by atoms with Gasteiger partial charge in [0, 0.05) is 24.4 Å². The van der Waals surface area contributed by atoms with E-state index in [1.807, 2.05) is 12.1 Å². The van der Waals surface area contributed by atoms with Crippen molar-refractivity contribution in [3.63, 3.8) is 0 Å². The molecule has 5 nitrogen and oxygen atoms in total. The Morgan fingerprint density at radius 2 is 1.91 bits per heavy atom. The summed E-state index contributed by atoms with van der Waals surface area (Å²) in [5.41, 5.74) is 0.906. The van der Waals surface area contributed by atoms with Gasteiger partial charge in [0.1, 0.15) is 6.04 Å². The Morgan fingerprint density at radius 3 is 2.59 bits per heavy atom. The van der Waals surface area contributed by atoms with Gasteiger partial charge in [0.2, 0.25) is 0 Å². The SMILES string of the molecule is CC[NH+]1CCC[C@@H]1CNC(=O)C(=O)NCc1ccc(Cl)cc1. The highest BCUT2D eigenvalue weighted by Crippen LogP contribution is 2.09. The largest absolute Gasteiger partial charge is 0.344 e. The molecular formula is C16H23ClN3O2+. The lowest BCUT2D eigenvalue weighted by Crippen LogP contribution is -3.14. The van der Waals surface area contributed by atoms with Gasteiger partial charge in [-0.15, -0.1) is 0 Å². The normalized spacial score (nSPS) is 20.6. The van der Waals surface area contributed by atoms with Gasteiger partial charge < -0.3 is 15.5 Å². The number of amides is 2. The zero-order valence-electron chi connectivity index (χ0n) is 12.8. The lowest BCUT2D eigenvalue weighted by molar-refractivity contribution is -0.909. The minimum absolute atomic E-state index is 0.319. The van der Waals surface area contributed by atoms with Crippen LogP contribution in [0.15, 0.2) is 24.3 Å². The molecule has 0 aromatic heterocycles. The van der Waals surface area contributed by atoms with E-state index < -0.39 is 11.8 Å². The van der Waals surface area contributed by atoms with E-state index in [1.165, 1.54) is 11.3 Å². The molecule has 6 heteroatoms. The van der Waals surface area contributed by atoms with Crippen molar-refractivity contribution < 1.29 is 14.5 Å². The molecule has 2 atom stereocenters. The Balaban J connectivity index is 1.72. The molecule has 2 rings (SSSR count). The lowest BCUT2D eigenvalue weighted by atomic mass is 10.2. The molecule has 1 heterocycles. The fourth-order valence-corrected chi connectivity index (χ4v) is 2.98.